The highest BCUT2D eigenvalue weighted by Gasteiger charge is 2.17. The van der Waals surface area contributed by atoms with Crippen molar-refractivity contribution in [2.75, 3.05) is 44.0 Å². The molecule has 3 N–H and O–H groups in total. The minimum atomic E-state index is 0.225. The highest BCUT2D eigenvalue weighted by Crippen LogP contribution is 2.25. The van der Waals surface area contributed by atoms with Gasteiger partial charge in [-0.15, -0.1) is 0 Å². The molecule has 0 aliphatic carbocycles. The molecular weight excluding hydrogens is 370 g/mol. The number of methoxy groups -OCH3 is 1. The summed E-state index contributed by atoms with van der Waals surface area (Å²) in [5.41, 5.74) is 9.43. The monoisotopic (exact) mass is 391 g/mol. The Morgan fingerprint density at radius 2 is 1.93 bits per heavy atom. The van der Waals surface area contributed by atoms with E-state index in [0.29, 0.717) is 41.7 Å². The van der Waals surface area contributed by atoms with E-state index in [4.69, 9.17) is 20.6 Å². The van der Waals surface area contributed by atoms with Crippen molar-refractivity contribution in [2.45, 2.75) is 0 Å². The van der Waals surface area contributed by atoms with E-state index < -0.39 is 0 Å². The van der Waals surface area contributed by atoms with Gasteiger partial charge in [0.05, 0.1) is 49.8 Å². The van der Waals surface area contributed by atoms with Gasteiger partial charge in [-0.05, 0) is 12.1 Å². The minimum Gasteiger partial charge on any atom is -0.480 e. The van der Waals surface area contributed by atoms with Crippen molar-refractivity contribution in [1.29, 1.82) is 5.41 Å². The van der Waals surface area contributed by atoms with Gasteiger partial charge in [-0.3, -0.25) is 5.41 Å². The number of rotatable bonds is 5. The van der Waals surface area contributed by atoms with Gasteiger partial charge in [0.2, 0.25) is 5.88 Å². The molecule has 1 saturated heterocycles. The Bertz CT molecular complexity index is 1020. The molecule has 9 heteroatoms. The number of morpholine rings is 1. The van der Waals surface area contributed by atoms with Crippen molar-refractivity contribution >= 4 is 17.2 Å². The molecule has 0 saturated carbocycles. The maximum absolute atomic E-state index is 8.68. The molecule has 148 valence electrons. The largest absolute Gasteiger partial charge is 0.480 e. The third kappa shape index (κ3) is 3.99. The van der Waals surface area contributed by atoms with Gasteiger partial charge in [-0.25, -0.2) is 19.9 Å². The van der Waals surface area contributed by atoms with Gasteiger partial charge >= 0.3 is 0 Å². The van der Waals surface area contributed by atoms with Crippen LogP contribution in [-0.2, 0) is 4.74 Å². The van der Waals surface area contributed by atoms with Crippen LogP contribution in [0.15, 0.2) is 43.0 Å². The zero-order valence-electron chi connectivity index (χ0n) is 16.0. The van der Waals surface area contributed by atoms with Crippen LogP contribution in [-0.4, -0.2) is 59.1 Å². The molecule has 0 atom stereocenters. The fraction of sp³-hybridized carbons (Fsp3) is 0.250. The Morgan fingerprint density at radius 3 is 2.66 bits per heavy atom. The Balaban J connectivity index is 1.64. The van der Waals surface area contributed by atoms with Crippen LogP contribution < -0.4 is 15.4 Å². The van der Waals surface area contributed by atoms with Crippen molar-refractivity contribution in [2.24, 2.45) is 0 Å². The van der Waals surface area contributed by atoms with E-state index in [2.05, 4.69) is 24.8 Å². The number of nitrogen functional groups attached to an aromatic ring is 1. The number of nitrogens with two attached hydrogens (primary N) is 1. The summed E-state index contributed by atoms with van der Waals surface area (Å²) in [6, 6.07) is 7.24. The van der Waals surface area contributed by atoms with Crippen molar-refractivity contribution < 1.29 is 9.47 Å². The smallest absolute Gasteiger partial charge is 0.232 e. The quantitative estimate of drug-likeness (QED) is 0.498. The standard InChI is InChI=1S/C20H21N7O2/c1-28-19-11-23-17(10-24-19)13-2-3-15(21)14(8-13)20(22)16-9-18(26-12-25-16)27-4-6-29-7-5-27/h2-3,8-12,22H,4-7,21H2,1H3. The maximum Gasteiger partial charge on any atom is 0.232 e. The number of nitrogens with one attached hydrogen (secondary N) is 1. The molecule has 29 heavy (non-hydrogen) atoms. The van der Waals surface area contributed by atoms with Crippen molar-refractivity contribution in [3.63, 3.8) is 0 Å². The molecule has 0 unspecified atom stereocenters. The van der Waals surface area contributed by atoms with E-state index in [9.17, 15) is 0 Å². The third-order valence-electron chi connectivity index (χ3n) is 4.70. The molecule has 0 radical (unpaired) electrons. The molecule has 1 aliphatic rings. The number of hydrogen-bond donors (Lipinski definition) is 2. The summed E-state index contributed by atoms with van der Waals surface area (Å²) in [7, 11) is 1.54. The predicted octanol–water partition coefficient (Wildman–Crippen LogP) is 1.78. The van der Waals surface area contributed by atoms with E-state index >= 15 is 0 Å². The van der Waals surface area contributed by atoms with E-state index in [-0.39, 0.29) is 5.71 Å². The van der Waals surface area contributed by atoms with Crippen LogP contribution in [0.25, 0.3) is 11.3 Å². The highest BCUT2D eigenvalue weighted by atomic mass is 16.5. The molecule has 9 nitrogen and oxygen atoms in total. The second kappa shape index (κ2) is 8.19. The number of nitrogens with zero attached hydrogens (tertiary/aromatic N) is 5. The average Bonchev–Trinajstić information content (AvgIpc) is 2.80. The molecule has 3 heterocycles. The summed E-state index contributed by atoms with van der Waals surface area (Å²) in [5.74, 6) is 1.22. The summed E-state index contributed by atoms with van der Waals surface area (Å²) in [4.78, 5) is 19.3. The molecule has 1 aromatic carbocycles. The van der Waals surface area contributed by atoms with Crippen LogP contribution in [0.4, 0.5) is 11.5 Å². The number of anilines is 2. The lowest BCUT2D eigenvalue weighted by molar-refractivity contribution is 0.122. The highest BCUT2D eigenvalue weighted by molar-refractivity contribution is 6.13. The topological polar surface area (TPSA) is 123 Å². The maximum atomic E-state index is 8.68. The Hall–Kier alpha value is -3.59. The first-order valence-corrected chi connectivity index (χ1v) is 9.15. The number of benzene rings is 1. The lowest BCUT2D eigenvalue weighted by Gasteiger charge is -2.27. The second-order valence-electron chi connectivity index (χ2n) is 6.48. The molecule has 0 spiro atoms. The fourth-order valence-corrected chi connectivity index (χ4v) is 3.09. The summed E-state index contributed by atoms with van der Waals surface area (Å²) >= 11 is 0. The van der Waals surface area contributed by atoms with E-state index in [1.165, 1.54) is 6.33 Å². The van der Waals surface area contributed by atoms with Crippen molar-refractivity contribution in [3.05, 3.63) is 54.2 Å². The normalized spacial score (nSPS) is 13.9. The lowest BCUT2D eigenvalue weighted by atomic mass is 10.0. The van der Waals surface area contributed by atoms with Gasteiger partial charge in [0.25, 0.3) is 0 Å². The SMILES string of the molecule is COc1cnc(-c2ccc(N)c(C(=N)c3cc(N4CCOCC4)ncn3)c2)cn1. The molecular formula is C20H21N7O2. The molecule has 3 aromatic rings. The van der Waals surface area contributed by atoms with Gasteiger partial charge in [-0.2, -0.15) is 0 Å². The first kappa shape index (κ1) is 18.8. The molecule has 1 aliphatic heterocycles. The van der Waals surface area contributed by atoms with E-state index in [1.807, 2.05) is 18.2 Å². The number of hydrogen-bond acceptors (Lipinski definition) is 9. The summed E-state index contributed by atoms with van der Waals surface area (Å²) in [6.07, 6.45) is 4.65. The van der Waals surface area contributed by atoms with Gasteiger partial charge in [0.15, 0.2) is 0 Å². The van der Waals surface area contributed by atoms with Gasteiger partial charge < -0.3 is 20.1 Å². The van der Waals surface area contributed by atoms with Crippen LogP contribution in [0, 0.1) is 5.41 Å². The third-order valence-corrected chi connectivity index (χ3v) is 4.70. The number of aromatic nitrogens is 4. The average molecular weight is 391 g/mol. The number of ether oxygens (including phenoxy) is 2. The zero-order valence-corrected chi connectivity index (χ0v) is 16.0. The molecule has 2 aromatic heterocycles. The molecule has 0 bridgehead atoms. The van der Waals surface area contributed by atoms with Crippen molar-refractivity contribution in [3.8, 4) is 17.1 Å². The summed E-state index contributed by atoms with van der Waals surface area (Å²) < 4.78 is 10.4. The van der Waals surface area contributed by atoms with Gasteiger partial charge in [-0.1, -0.05) is 6.07 Å². The zero-order chi connectivity index (χ0) is 20.2. The Kier molecular flexibility index (Phi) is 5.30. The first-order valence-electron chi connectivity index (χ1n) is 9.15. The molecule has 1 fully saturated rings. The van der Waals surface area contributed by atoms with Crippen molar-refractivity contribution in [1.82, 2.24) is 19.9 Å². The van der Waals surface area contributed by atoms with Crippen LogP contribution in [0.3, 0.4) is 0 Å². The molecule has 0 amide bonds. The second-order valence-corrected chi connectivity index (χ2v) is 6.48. The first-order chi connectivity index (χ1) is 14.2. The molecule has 4 rings (SSSR count). The van der Waals surface area contributed by atoms with E-state index in [0.717, 1.165) is 24.5 Å². The minimum absolute atomic E-state index is 0.225. The Labute approximate surface area is 168 Å². The van der Waals surface area contributed by atoms with Crippen LogP contribution in [0.1, 0.15) is 11.3 Å². The van der Waals surface area contributed by atoms with Crippen LogP contribution in [0.2, 0.25) is 0 Å². The van der Waals surface area contributed by atoms with Gasteiger partial charge in [0, 0.05) is 36.0 Å². The van der Waals surface area contributed by atoms with Crippen LogP contribution >= 0.6 is 0 Å². The van der Waals surface area contributed by atoms with E-state index in [1.54, 1.807) is 25.6 Å². The van der Waals surface area contributed by atoms with Gasteiger partial charge in [0.1, 0.15) is 12.1 Å². The summed E-state index contributed by atoms with van der Waals surface area (Å²) in [6.45, 7) is 2.85. The van der Waals surface area contributed by atoms with Crippen LogP contribution in [0.5, 0.6) is 5.88 Å². The predicted molar refractivity (Wildman–Crippen MR) is 109 cm³/mol. The Morgan fingerprint density at radius 1 is 1.10 bits per heavy atom. The summed E-state index contributed by atoms with van der Waals surface area (Å²) in [5, 5.41) is 8.68. The lowest BCUT2D eigenvalue weighted by Crippen LogP contribution is -2.36. The fourth-order valence-electron chi connectivity index (χ4n) is 3.09.